The third-order valence-electron chi connectivity index (χ3n) is 3.60. The third-order valence-corrected chi connectivity index (χ3v) is 3.60. The zero-order valence-corrected chi connectivity index (χ0v) is 14.0. The van der Waals surface area contributed by atoms with Crippen molar-refractivity contribution in [2.75, 3.05) is 6.61 Å². The predicted octanol–water partition coefficient (Wildman–Crippen LogP) is 2.03. The Morgan fingerprint density at radius 2 is 2.08 bits per heavy atom. The smallest absolute Gasteiger partial charge is 0.331 e. The summed E-state index contributed by atoms with van der Waals surface area (Å²) in [7, 11) is 0. The number of ether oxygens (including phenoxy) is 1. The first-order valence-electron chi connectivity index (χ1n) is 7.94. The number of rotatable bonds is 6. The number of nitrogens with zero attached hydrogens (tertiary/aromatic N) is 2. The van der Waals surface area contributed by atoms with E-state index >= 15 is 0 Å². The molecule has 0 aliphatic rings. The van der Waals surface area contributed by atoms with Gasteiger partial charge < -0.3 is 14.3 Å². The number of aromatic nitrogens is 2. The molecule has 0 spiro atoms. The summed E-state index contributed by atoms with van der Waals surface area (Å²) in [6, 6.07) is 10.4. The molecule has 0 radical (unpaired) electrons. The van der Waals surface area contributed by atoms with Crippen molar-refractivity contribution in [3.8, 4) is 11.6 Å². The lowest BCUT2D eigenvalue weighted by Crippen LogP contribution is -2.32. The third kappa shape index (κ3) is 3.59. The van der Waals surface area contributed by atoms with Gasteiger partial charge in [-0.15, -0.1) is 0 Å². The second-order valence-electron chi connectivity index (χ2n) is 5.32. The fraction of sp³-hybridized carbons (Fsp3) is 0.167. The van der Waals surface area contributed by atoms with E-state index in [1.54, 1.807) is 36.4 Å². The van der Waals surface area contributed by atoms with Crippen molar-refractivity contribution in [1.82, 2.24) is 9.55 Å². The molecule has 0 atom stereocenters. The monoisotopic (exact) mass is 355 g/mol. The Morgan fingerprint density at radius 1 is 1.27 bits per heavy atom. The molecular weight excluding hydrogens is 338 g/mol. The Hall–Kier alpha value is -3.55. The van der Waals surface area contributed by atoms with Crippen LogP contribution in [0.1, 0.15) is 18.2 Å². The van der Waals surface area contributed by atoms with Gasteiger partial charge in [-0.2, -0.15) is 0 Å². The molecule has 8 nitrogen and oxygen atoms in total. The lowest BCUT2D eigenvalue weighted by Gasteiger charge is -2.08. The Morgan fingerprint density at radius 3 is 2.81 bits per heavy atom. The average Bonchev–Trinajstić information content (AvgIpc) is 3.13. The van der Waals surface area contributed by atoms with Gasteiger partial charge in [0.2, 0.25) is 5.88 Å². The summed E-state index contributed by atoms with van der Waals surface area (Å²) in [5, 5.41) is 10.4. The van der Waals surface area contributed by atoms with Gasteiger partial charge in [-0.05, 0) is 31.2 Å². The molecule has 0 saturated heterocycles. The summed E-state index contributed by atoms with van der Waals surface area (Å²) in [6.07, 6.45) is 2.65. The highest BCUT2D eigenvalue weighted by Gasteiger charge is 2.14. The molecule has 0 amide bonds. The summed E-state index contributed by atoms with van der Waals surface area (Å²) in [5.74, 6) is 0.512. The molecule has 0 fully saturated rings. The van der Waals surface area contributed by atoms with Crippen molar-refractivity contribution in [2.24, 2.45) is 4.99 Å². The maximum absolute atomic E-state index is 12.1. The number of furan rings is 1. The minimum absolute atomic E-state index is 0.0230. The largest absolute Gasteiger partial charge is 0.494 e. The molecule has 2 heterocycles. The topological polar surface area (TPSA) is 110 Å². The predicted molar refractivity (Wildman–Crippen MR) is 95.7 cm³/mol. The van der Waals surface area contributed by atoms with E-state index in [4.69, 9.17) is 9.15 Å². The van der Waals surface area contributed by atoms with Crippen LogP contribution < -0.4 is 16.0 Å². The van der Waals surface area contributed by atoms with E-state index in [9.17, 15) is 14.7 Å². The number of para-hydroxylation sites is 2. The number of aromatic amines is 1. The minimum atomic E-state index is -0.740. The second kappa shape index (κ2) is 7.56. The lowest BCUT2D eigenvalue weighted by molar-refractivity contribution is 0.341. The standard InChI is InChI=1S/C18H17N3O5/c1-2-25-15-8-4-3-7-14(15)19-10-13-16(22)20-18(24)21(17(13)23)11-12-6-5-9-26-12/h3-10,23H,2,11H2,1H3,(H,20,22,24). The molecular formula is C18H17N3O5. The van der Waals surface area contributed by atoms with Crippen LogP contribution in [0.25, 0.3) is 0 Å². The summed E-state index contributed by atoms with van der Waals surface area (Å²) in [6.45, 7) is 2.29. The van der Waals surface area contributed by atoms with E-state index in [1.807, 2.05) is 6.92 Å². The first kappa shape index (κ1) is 17.3. The number of benzene rings is 1. The van der Waals surface area contributed by atoms with Gasteiger partial charge in [-0.3, -0.25) is 19.3 Å². The van der Waals surface area contributed by atoms with E-state index in [2.05, 4.69) is 9.98 Å². The Labute approximate surface area is 148 Å². The van der Waals surface area contributed by atoms with Gasteiger partial charge in [0, 0.05) is 6.21 Å². The van der Waals surface area contributed by atoms with Crippen molar-refractivity contribution in [3.63, 3.8) is 0 Å². The van der Waals surface area contributed by atoms with Gasteiger partial charge in [0.25, 0.3) is 5.56 Å². The highest BCUT2D eigenvalue weighted by molar-refractivity contribution is 5.84. The molecule has 134 valence electrons. The Kier molecular flexibility index (Phi) is 5.02. The minimum Gasteiger partial charge on any atom is -0.494 e. The maximum atomic E-state index is 12.1. The summed E-state index contributed by atoms with van der Waals surface area (Å²) in [4.78, 5) is 30.4. The average molecular weight is 355 g/mol. The molecule has 0 aliphatic carbocycles. The fourth-order valence-corrected chi connectivity index (χ4v) is 2.37. The first-order valence-corrected chi connectivity index (χ1v) is 7.94. The number of nitrogens with one attached hydrogen (secondary N) is 1. The SMILES string of the molecule is CCOc1ccccc1N=Cc1c(O)n(Cc2ccco2)c(=O)[nH]c1=O. The Balaban J connectivity index is 2.00. The van der Waals surface area contributed by atoms with Crippen molar-refractivity contribution in [2.45, 2.75) is 13.5 Å². The highest BCUT2D eigenvalue weighted by atomic mass is 16.5. The summed E-state index contributed by atoms with van der Waals surface area (Å²) >= 11 is 0. The Bertz CT molecular complexity index is 1030. The van der Waals surface area contributed by atoms with Crippen LogP contribution in [0.5, 0.6) is 11.6 Å². The number of hydrogen-bond acceptors (Lipinski definition) is 6. The van der Waals surface area contributed by atoms with Gasteiger partial charge in [-0.1, -0.05) is 12.1 Å². The van der Waals surface area contributed by atoms with Crippen LogP contribution in [0.2, 0.25) is 0 Å². The van der Waals surface area contributed by atoms with E-state index in [0.29, 0.717) is 23.8 Å². The van der Waals surface area contributed by atoms with E-state index in [0.717, 1.165) is 4.57 Å². The molecule has 0 unspecified atom stereocenters. The zero-order valence-electron chi connectivity index (χ0n) is 14.0. The van der Waals surface area contributed by atoms with Crippen LogP contribution in [0.15, 0.2) is 61.7 Å². The van der Waals surface area contributed by atoms with Crippen LogP contribution in [0.3, 0.4) is 0 Å². The maximum Gasteiger partial charge on any atom is 0.331 e. The summed E-state index contributed by atoms with van der Waals surface area (Å²) < 4.78 is 11.6. The van der Waals surface area contributed by atoms with E-state index < -0.39 is 17.1 Å². The molecule has 0 saturated carbocycles. The number of aromatic hydroxyl groups is 1. The molecule has 0 aliphatic heterocycles. The molecule has 0 bridgehead atoms. The van der Waals surface area contributed by atoms with Crippen LogP contribution in [0.4, 0.5) is 5.69 Å². The molecule has 26 heavy (non-hydrogen) atoms. The van der Waals surface area contributed by atoms with Gasteiger partial charge in [0.05, 0.1) is 19.4 Å². The molecule has 3 rings (SSSR count). The molecule has 2 N–H and O–H groups in total. The van der Waals surface area contributed by atoms with Crippen LogP contribution in [-0.4, -0.2) is 27.5 Å². The molecule has 8 heteroatoms. The van der Waals surface area contributed by atoms with E-state index in [-0.39, 0.29) is 12.1 Å². The van der Waals surface area contributed by atoms with Crippen molar-refractivity contribution < 1.29 is 14.3 Å². The van der Waals surface area contributed by atoms with Crippen molar-refractivity contribution in [3.05, 3.63) is 74.8 Å². The summed E-state index contributed by atoms with van der Waals surface area (Å²) in [5.41, 5.74) is -1.11. The molecule has 1 aromatic carbocycles. The van der Waals surface area contributed by atoms with Crippen LogP contribution >= 0.6 is 0 Å². The second-order valence-corrected chi connectivity index (χ2v) is 5.32. The fourth-order valence-electron chi connectivity index (χ4n) is 2.37. The van der Waals surface area contributed by atoms with Crippen LogP contribution in [-0.2, 0) is 6.54 Å². The molecule has 3 aromatic rings. The number of hydrogen-bond donors (Lipinski definition) is 2. The highest BCUT2D eigenvalue weighted by Crippen LogP contribution is 2.26. The lowest BCUT2D eigenvalue weighted by atomic mass is 10.3. The first-order chi connectivity index (χ1) is 12.6. The zero-order chi connectivity index (χ0) is 18.5. The van der Waals surface area contributed by atoms with Gasteiger partial charge >= 0.3 is 5.69 Å². The van der Waals surface area contributed by atoms with Crippen LogP contribution in [0, 0.1) is 0 Å². The van der Waals surface area contributed by atoms with Gasteiger partial charge in [0.1, 0.15) is 22.8 Å². The van der Waals surface area contributed by atoms with Gasteiger partial charge in [0.15, 0.2) is 0 Å². The normalized spacial score (nSPS) is 11.1. The van der Waals surface area contributed by atoms with E-state index in [1.165, 1.54) is 12.5 Å². The quantitative estimate of drug-likeness (QED) is 0.658. The number of H-pyrrole nitrogens is 1. The number of aliphatic imine (C=N–C) groups is 1. The van der Waals surface area contributed by atoms with Gasteiger partial charge in [-0.25, -0.2) is 4.79 Å². The van der Waals surface area contributed by atoms with Crippen molar-refractivity contribution in [1.29, 1.82) is 0 Å². The molecule has 2 aromatic heterocycles. The van der Waals surface area contributed by atoms with Crippen molar-refractivity contribution >= 4 is 11.9 Å².